The molecule has 124 valence electrons. The maximum Gasteiger partial charge on any atom is 0.338 e. The lowest BCUT2D eigenvalue weighted by molar-refractivity contribution is -0.384. The van der Waals surface area contributed by atoms with Crippen LogP contribution in [-0.4, -0.2) is 43.3 Å². The molecule has 2 aliphatic heterocycles. The molecule has 2 aliphatic rings. The number of nitrogens with zero attached hydrogens (tertiary/aromatic N) is 2. The summed E-state index contributed by atoms with van der Waals surface area (Å²) in [5.41, 5.74) is 0.735. The van der Waals surface area contributed by atoms with Gasteiger partial charge in [0.15, 0.2) is 0 Å². The monoisotopic (exact) mass is 320 g/mol. The second-order valence-electron chi connectivity index (χ2n) is 5.89. The van der Waals surface area contributed by atoms with Crippen molar-refractivity contribution in [2.45, 2.75) is 31.8 Å². The summed E-state index contributed by atoms with van der Waals surface area (Å²) in [6, 6.07) is 4.55. The average molecular weight is 320 g/mol. The molecule has 0 unspecified atom stereocenters. The normalized spacial score (nSPS) is 20.7. The molecule has 1 aromatic rings. The van der Waals surface area contributed by atoms with Crippen LogP contribution in [0.1, 0.15) is 36.0 Å². The molecule has 2 saturated heterocycles. The van der Waals surface area contributed by atoms with Gasteiger partial charge >= 0.3 is 5.97 Å². The first-order valence-corrected chi connectivity index (χ1v) is 7.97. The first kappa shape index (κ1) is 15.7. The molecule has 7 nitrogen and oxygen atoms in total. The number of hydrogen-bond acceptors (Lipinski definition) is 6. The van der Waals surface area contributed by atoms with Gasteiger partial charge in [0.25, 0.3) is 5.69 Å². The van der Waals surface area contributed by atoms with E-state index in [4.69, 9.17) is 9.47 Å². The fraction of sp³-hybridized carbons (Fsp3) is 0.562. The predicted molar refractivity (Wildman–Crippen MR) is 83.8 cm³/mol. The van der Waals surface area contributed by atoms with Gasteiger partial charge in [-0.25, -0.2) is 4.79 Å². The SMILES string of the molecule is O=C(OC[C@@H]1CCCO1)c1ccc(N2CCCC2)c([N+](=O)[O-])c1. The molecule has 2 fully saturated rings. The van der Waals surface area contributed by atoms with Gasteiger partial charge in [-0.1, -0.05) is 0 Å². The third kappa shape index (κ3) is 3.61. The fourth-order valence-corrected chi connectivity index (χ4v) is 3.05. The van der Waals surface area contributed by atoms with Crippen molar-refractivity contribution in [2.24, 2.45) is 0 Å². The molecule has 2 heterocycles. The first-order chi connectivity index (χ1) is 11.1. The highest BCUT2D eigenvalue weighted by atomic mass is 16.6. The van der Waals surface area contributed by atoms with Crippen molar-refractivity contribution in [2.75, 3.05) is 31.2 Å². The van der Waals surface area contributed by atoms with Crippen molar-refractivity contribution in [3.05, 3.63) is 33.9 Å². The summed E-state index contributed by atoms with van der Waals surface area (Å²) in [6.07, 6.45) is 3.85. The number of carbonyl (C=O) groups is 1. The lowest BCUT2D eigenvalue weighted by Crippen LogP contribution is -2.20. The largest absolute Gasteiger partial charge is 0.459 e. The minimum Gasteiger partial charge on any atom is -0.459 e. The Morgan fingerprint density at radius 1 is 1.35 bits per heavy atom. The second-order valence-corrected chi connectivity index (χ2v) is 5.89. The Balaban J connectivity index is 1.72. The zero-order valence-electron chi connectivity index (χ0n) is 12.9. The zero-order valence-corrected chi connectivity index (χ0v) is 12.9. The zero-order chi connectivity index (χ0) is 16.2. The van der Waals surface area contributed by atoms with Gasteiger partial charge in [-0.15, -0.1) is 0 Å². The number of nitro benzene ring substituents is 1. The van der Waals surface area contributed by atoms with Crippen molar-refractivity contribution < 1.29 is 19.2 Å². The summed E-state index contributed by atoms with van der Waals surface area (Å²) in [5.74, 6) is -0.545. The van der Waals surface area contributed by atoms with Gasteiger partial charge in [0.1, 0.15) is 12.3 Å². The summed E-state index contributed by atoms with van der Waals surface area (Å²) in [7, 11) is 0. The van der Waals surface area contributed by atoms with Crippen LogP contribution in [0.15, 0.2) is 18.2 Å². The minimum atomic E-state index is -0.545. The van der Waals surface area contributed by atoms with Crippen LogP contribution in [0, 0.1) is 10.1 Å². The van der Waals surface area contributed by atoms with Gasteiger partial charge in [0, 0.05) is 25.8 Å². The maximum atomic E-state index is 12.1. The highest BCUT2D eigenvalue weighted by molar-refractivity contribution is 5.91. The van der Waals surface area contributed by atoms with Crippen LogP contribution in [0.4, 0.5) is 11.4 Å². The predicted octanol–water partition coefficient (Wildman–Crippen LogP) is 2.53. The van der Waals surface area contributed by atoms with E-state index >= 15 is 0 Å². The van der Waals surface area contributed by atoms with E-state index in [9.17, 15) is 14.9 Å². The number of anilines is 1. The number of ether oxygens (including phenoxy) is 2. The number of nitro groups is 1. The van der Waals surface area contributed by atoms with Crippen LogP contribution in [0.3, 0.4) is 0 Å². The molecule has 0 amide bonds. The molecule has 1 atom stereocenters. The summed E-state index contributed by atoms with van der Waals surface area (Å²) < 4.78 is 10.6. The Kier molecular flexibility index (Phi) is 4.76. The Bertz CT molecular complexity index is 592. The molecule has 0 spiro atoms. The number of carbonyl (C=O) groups excluding carboxylic acids is 1. The standard InChI is InChI=1S/C16H20N2O5/c19-16(23-11-13-4-3-9-22-13)12-5-6-14(15(10-12)18(20)21)17-7-1-2-8-17/h5-6,10,13H,1-4,7-9,11H2/t13-/m0/s1. The van der Waals surface area contributed by atoms with Gasteiger partial charge in [-0.05, 0) is 37.8 Å². The van der Waals surface area contributed by atoms with Crippen LogP contribution < -0.4 is 4.90 Å². The summed E-state index contributed by atoms with van der Waals surface area (Å²) in [4.78, 5) is 25.0. The Morgan fingerprint density at radius 2 is 2.13 bits per heavy atom. The van der Waals surface area contributed by atoms with E-state index in [1.807, 2.05) is 4.90 Å². The lowest BCUT2D eigenvalue weighted by Gasteiger charge is -2.17. The van der Waals surface area contributed by atoms with Crippen LogP contribution in [0.2, 0.25) is 0 Å². The summed E-state index contributed by atoms with van der Waals surface area (Å²) >= 11 is 0. The molecular weight excluding hydrogens is 300 g/mol. The molecular formula is C16H20N2O5. The van der Waals surface area contributed by atoms with Crippen LogP contribution in [0.5, 0.6) is 0 Å². The number of benzene rings is 1. The molecule has 3 rings (SSSR count). The number of rotatable bonds is 5. The van der Waals surface area contributed by atoms with E-state index in [1.54, 1.807) is 12.1 Å². The van der Waals surface area contributed by atoms with Crippen LogP contribution in [0.25, 0.3) is 0 Å². The van der Waals surface area contributed by atoms with Gasteiger partial charge in [0.2, 0.25) is 0 Å². The van der Waals surface area contributed by atoms with Gasteiger partial charge < -0.3 is 14.4 Å². The third-order valence-corrected chi connectivity index (χ3v) is 4.28. The molecule has 0 aliphatic carbocycles. The average Bonchev–Trinajstić information content (AvgIpc) is 3.25. The van der Waals surface area contributed by atoms with Gasteiger partial charge in [-0.2, -0.15) is 0 Å². The molecule has 0 saturated carbocycles. The minimum absolute atomic E-state index is 0.0431. The number of esters is 1. The second kappa shape index (κ2) is 6.95. The van der Waals surface area contributed by atoms with Gasteiger partial charge in [-0.3, -0.25) is 10.1 Å². The fourth-order valence-electron chi connectivity index (χ4n) is 3.05. The van der Waals surface area contributed by atoms with E-state index in [-0.39, 0.29) is 24.0 Å². The van der Waals surface area contributed by atoms with E-state index < -0.39 is 10.9 Å². The Morgan fingerprint density at radius 3 is 2.78 bits per heavy atom. The molecule has 0 N–H and O–H groups in total. The van der Waals surface area contributed by atoms with E-state index in [0.29, 0.717) is 12.3 Å². The Hall–Kier alpha value is -2.15. The maximum absolute atomic E-state index is 12.1. The molecule has 7 heteroatoms. The molecule has 23 heavy (non-hydrogen) atoms. The van der Waals surface area contributed by atoms with Crippen molar-refractivity contribution in [3.8, 4) is 0 Å². The topological polar surface area (TPSA) is 81.9 Å². The van der Waals surface area contributed by atoms with Crippen molar-refractivity contribution in [3.63, 3.8) is 0 Å². The quantitative estimate of drug-likeness (QED) is 0.471. The van der Waals surface area contributed by atoms with E-state index in [2.05, 4.69) is 0 Å². The highest BCUT2D eigenvalue weighted by Gasteiger charge is 2.25. The Labute approximate surface area is 134 Å². The highest BCUT2D eigenvalue weighted by Crippen LogP contribution is 2.31. The van der Waals surface area contributed by atoms with E-state index in [1.165, 1.54) is 6.07 Å². The lowest BCUT2D eigenvalue weighted by atomic mass is 10.1. The van der Waals surface area contributed by atoms with Crippen molar-refractivity contribution in [1.29, 1.82) is 0 Å². The molecule has 0 aromatic heterocycles. The van der Waals surface area contributed by atoms with Crippen molar-refractivity contribution >= 4 is 17.3 Å². The molecule has 0 bridgehead atoms. The molecule has 0 radical (unpaired) electrons. The number of hydrogen-bond donors (Lipinski definition) is 0. The smallest absolute Gasteiger partial charge is 0.338 e. The summed E-state index contributed by atoms with van der Waals surface area (Å²) in [6.45, 7) is 2.51. The van der Waals surface area contributed by atoms with Crippen LogP contribution in [-0.2, 0) is 9.47 Å². The molecule has 1 aromatic carbocycles. The first-order valence-electron chi connectivity index (χ1n) is 7.97. The summed E-state index contributed by atoms with van der Waals surface area (Å²) in [5, 5.41) is 11.3. The van der Waals surface area contributed by atoms with Crippen molar-refractivity contribution in [1.82, 2.24) is 0 Å². The van der Waals surface area contributed by atoms with Crippen LogP contribution >= 0.6 is 0 Å². The third-order valence-electron chi connectivity index (χ3n) is 4.28. The van der Waals surface area contributed by atoms with Gasteiger partial charge in [0.05, 0.1) is 16.6 Å². The van der Waals surface area contributed by atoms with E-state index in [0.717, 1.165) is 38.8 Å².